The van der Waals surface area contributed by atoms with E-state index in [4.69, 9.17) is 9.47 Å². The van der Waals surface area contributed by atoms with Gasteiger partial charge >= 0.3 is 0 Å². The Kier molecular flexibility index (Phi) is 4.76. The van der Waals surface area contributed by atoms with Crippen LogP contribution in [-0.4, -0.2) is 42.2 Å². The second-order valence-corrected chi connectivity index (χ2v) is 5.82. The summed E-state index contributed by atoms with van der Waals surface area (Å²) in [6, 6.07) is 10.6. The Labute approximate surface area is 137 Å². The summed E-state index contributed by atoms with van der Waals surface area (Å²) in [5.74, 6) is 1.62. The van der Waals surface area contributed by atoms with Crippen LogP contribution in [0.2, 0.25) is 0 Å². The molecule has 1 saturated heterocycles. The van der Waals surface area contributed by atoms with Gasteiger partial charge in [-0.1, -0.05) is 24.3 Å². The molecule has 0 saturated carbocycles. The first-order chi connectivity index (χ1) is 11.2. The molecule has 1 fully saturated rings. The lowest BCUT2D eigenvalue weighted by Gasteiger charge is -2.24. The fraction of sp³-hybridized carbons (Fsp3) is 0.444. The zero-order valence-corrected chi connectivity index (χ0v) is 14.0. The van der Waals surface area contributed by atoms with Crippen LogP contribution in [0.25, 0.3) is 11.4 Å². The molecule has 0 bridgehead atoms. The van der Waals surface area contributed by atoms with Crippen molar-refractivity contribution in [3.63, 3.8) is 0 Å². The van der Waals surface area contributed by atoms with Gasteiger partial charge in [0, 0.05) is 11.6 Å². The molecule has 2 heterocycles. The van der Waals surface area contributed by atoms with Crippen LogP contribution in [-0.2, 0) is 0 Å². The van der Waals surface area contributed by atoms with Gasteiger partial charge in [0.1, 0.15) is 0 Å². The van der Waals surface area contributed by atoms with Crippen LogP contribution in [0.15, 0.2) is 30.3 Å². The van der Waals surface area contributed by atoms with Gasteiger partial charge in [-0.05, 0) is 38.4 Å². The van der Waals surface area contributed by atoms with E-state index in [9.17, 15) is 0 Å². The summed E-state index contributed by atoms with van der Waals surface area (Å²) in [7, 11) is 3.18. The SMILES string of the molecule is COc1cc(OC)nc(-c2ccc(C(C)N3CCCC3)cc2)n1. The van der Waals surface area contributed by atoms with Gasteiger partial charge in [0.15, 0.2) is 5.82 Å². The van der Waals surface area contributed by atoms with Gasteiger partial charge in [-0.2, -0.15) is 9.97 Å². The number of aromatic nitrogens is 2. The highest BCUT2D eigenvalue weighted by molar-refractivity contribution is 5.56. The number of rotatable bonds is 5. The quantitative estimate of drug-likeness (QED) is 0.847. The van der Waals surface area contributed by atoms with Gasteiger partial charge in [-0.25, -0.2) is 0 Å². The van der Waals surface area contributed by atoms with Gasteiger partial charge in [-0.3, -0.25) is 4.90 Å². The molecule has 5 nitrogen and oxygen atoms in total. The van der Waals surface area contributed by atoms with Crippen LogP contribution in [0.5, 0.6) is 11.8 Å². The number of likely N-dealkylation sites (tertiary alicyclic amines) is 1. The fourth-order valence-corrected chi connectivity index (χ4v) is 2.99. The number of methoxy groups -OCH3 is 2. The van der Waals surface area contributed by atoms with Crippen molar-refractivity contribution in [2.45, 2.75) is 25.8 Å². The first kappa shape index (κ1) is 15.7. The smallest absolute Gasteiger partial charge is 0.220 e. The Hall–Kier alpha value is -2.14. The van der Waals surface area contributed by atoms with E-state index < -0.39 is 0 Å². The van der Waals surface area contributed by atoms with E-state index in [2.05, 4.69) is 46.1 Å². The molecule has 122 valence electrons. The molecular weight excluding hydrogens is 290 g/mol. The lowest BCUT2D eigenvalue weighted by Crippen LogP contribution is -2.23. The maximum absolute atomic E-state index is 5.21. The first-order valence-corrected chi connectivity index (χ1v) is 8.02. The van der Waals surface area contributed by atoms with Gasteiger partial charge in [-0.15, -0.1) is 0 Å². The number of hydrogen-bond donors (Lipinski definition) is 0. The van der Waals surface area contributed by atoms with E-state index in [1.54, 1.807) is 20.3 Å². The third kappa shape index (κ3) is 3.45. The minimum Gasteiger partial charge on any atom is -0.481 e. The average Bonchev–Trinajstić information content (AvgIpc) is 3.15. The highest BCUT2D eigenvalue weighted by Gasteiger charge is 2.19. The van der Waals surface area contributed by atoms with Crippen molar-refractivity contribution in [2.75, 3.05) is 27.3 Å². The van der Waals surface area contributed by atoms with Crippen molar-refractivity contribution >= 4 is 0 Å². The Morgan fingerprint density at radius 3 is 2.04 bits per heavy atom. The van der Waals surface area contributed by atoms with E-state index in [1.165, 1.54) is 31.5 Å². The van der Waals surface area contributed by atoms with Crippen molar-refractivity contribution in [3.05, 3.63) is 35.9 Å². The van der Waals surface area contributed by atoms with Crippen LogP contribution in [0.3, 0.4) is 0 Å². The van der Waals surface area contributed by atoms with Crippen LogP contribution in [0.1, 0.15) is 31.4 Å². The van der Waals surface area contributed by atoms with Crippen LogP contribution in [0, 0.1) is 0 Å². The zero-order valence-electron chi connectivity index (χ0n) is 14.0. The Bertz CT molecular complexity index is 630. The van der Waals surface area contributed by atoms with Gasteiger partial charge in [0.2, 0.25) is 11.8 Å². The molecular formula is C18H23N3O2. The minimum atomic E-state index is 0.451. The van der Waals surface area contributed by atoms with E-state index in [-0.39, 0.29) is 0 Å². The molecule has 2 aromatic rings. The van der Waals surface area contributed by atoms with E-state index in [0.717, 1.165) is 5.56 Å². The number of ether oxygens (including phenoxy) is 2. The lowest BCUT2D eigenvalue weighted by molar-refractivity contribution is 0.263. The van der Waals surface area contributed by atoms with Crippen molar-refractivity contribution in [1.29, 1.82) is 0 Å². The monoisotopic (exact) mass is 313 g/mol. The van der Waals surface area contributed by atoms with E-state index >= 15 is 0 Å². The van der Waals surface area contributed by atoms with E-state index in [0.29, 0.717) is 23.6 Å². The molecule has 1 aromatic carbocycles. The molecule has 0 spiro atoms. The highest BCUT2D eigenvalue weighted by atomic mass is 16.5. The third-order valence-corrected chi connectivity index (χ3v) is 4.44. The summed E-state index contributed by atoms with van der Waals surface area (Å²) in [4.78, 5) is 11.3. The second-order valence-electron chi connectivity index (χ2n) is 5.82. The predicted octanol–water partition coefficient (Wildman–Crippen LogP) is 3.32. The minimum absolute atomic E-state index is 0.451. The molecule has 1 aromatic heterocycles. The molecule has 0 aliphatic carbocycles. The molecule has 23 heavy (non-hydrogen) atoms. The highest BCUT2D eigenvalue weighted by Crippen LogP contribution is 2.27. The maximum atomic E-state index is 5.21. The van der Waals surface area contributed by atoms with Gasteiger partial charge in [0.05, 0.1) is 20.3 Å². The van der Waals surface area contributed by atoms with Crippen LogP contribution < -0.4 is 9.47 Å². The topological polar surface area (TPSA) is 47.5 Å². The van der Waals surface area contributed by atoms with Crippen molar-refractivity contribution in [2.24, 2.45) is 0 Å². The second kappa shape index (κ2) is 6.96. The summed E-state index contributed by atoms with van der Waals surface area (Å²) < 4.78 is 10.4. The van der Waals surface area contributed by atoms with Gasteiger partial charge < -0.3 is 9.47 Å². The maximum Gasteiger partial charge on any atom is 0.220 e. The Balaban J connectivity index is 1.84. The fourth-order valence-electron chi connectivity index (χ4n) is 2.99. The Morgan fingerprint density at radius 2 is 1.52 bits per heavy atom. The van der Waals surface area contributed by atoms with E-state index in [1.807, 2.05) is 0 Å². The number of hydrogen-bond acceptors (Lipinski definition) is 5. The normalized spacial score (nSPS) is 16.3. The molecule has 3 rings (SSSR count). The molecule has 1 unspecified atom stereocenters. The molecule has 1 aliphatic heterocycles. The van der Waals surface area contributed by atoms with Crippen LogP contribution >= 0.6 is 0 Å². The number of benzene rings is 1. The molecule has 0 amide bonds. The van der Waals surface area contributed by atoms with Gasteiger partial charge in [0.25, 0.3) is 0 Å². The molecule has 5 heteroatoms. The molecule has 0 radical (unpaired) electrons. The molecule has 0 N–H and O–H groups in total. The standard InChI is InChI=1S/C18H23N3O2/c1-13(21-10-4-5-11-21)14-6-8-15(9-7-14)18-19-16(22-2)12-17(20-18)23-3/h6-9,12-13H,4-5,10-11H2,1-3H3. The summed E-state index contributed by atoms with van der Waals surface area (Å²) >= 11 is 0. The largest absolute Gasteiger partial charge is 0.481 e. The molecule has 1 aliphatic rings. The predicted molar refractivity (Wildman–Crippen MR) is 89.8 cm³/mol. The summed E-state index contributed by atoms with van der Waals surface area (Å²) in [5, 5.41) is 0. The first-order valence-electron chi connectivity index (χ1n) is 8.02. The van der Waals surface area contributed by atoms with Crippen molar-refractivity contribution < 1.29 is 9.47 Å². The zero-order chi connectivity index (χ0) is 16.2. The average molecular weight is 313 g/mol. The lowest BCUT2D eigenvalue weighted by atomic mass is 10.0. The third-order valence-electron chi connectivity index (χ3n) is 4.44. The molecule has 1 atom stereocenters. The summed E-state index contributed by atoms with van der Waals surface area (Å²) in [6.45, 7) is 4.66. The Morgan fingerprint density at radius 1 is 0.957 bits per heavy atom. The van der Waals surface area contributed by atoms with Crippen molar-refractivity contribution in [3.8, 4) is 23.1 Å². The summed E-state index contributed by atoms with van der Waals surface area (Å²) in [5.41, 5.74) is 2.28. The van der Waals surface area contributed by atoms with Crippen molar-refractivity contribution in [1.82, 2.24) is 14.9 Å². The summed E-state index contributed by atoms with van der Waals surface area (Å²) in [6.07, 6.45) is 2.61. The number of nitrogens with zero attached hydrogens (tertiary/aromatic N) is 3. The van der Waals surface area contributed by atoms with Crippen LogP contribution in [0.4, 0.5) is 0 Å².